The lowest BCUT2D eigenvalue weighted by Crippen LogP contribution is -1.98. The van der Waals surface area contributed by atoms with Crippen molar-refractivity contribution in [3.05, 3.63) is 27.7 Å². The molecule has 13 heavy (non-hydrogen) atoms. The molecule has 0 atom stereocenters. The molecular formula is C7H4BrClF3N. The van der Waals surface area contributed by atoms with Gasteiger partial charge in [-0.1, -0.05) is 0 Å². The first-order valence-electron chi connectivity index (χ1n) is 3.24. The molecule has 1 aromatic rings. The molecule has 0 aliphatic carbocycles. The van der Waals surface area contributed by atoms with Gasteiger partial charge in [0.15, 0.2) is 0 Å². The zero-order chi connectivity index (χ0) is 10.0. The SMILES string of the molecule is Fc1c(C(F)F)cnc(CCl)c1Br. The van der Waals surface area contributed by atoms with Crippen molar-refractivity contribution in [2.75, 3.05) is 0 Å². The summed E-state index contributed by atoms with van der Waals surface area (Å²) in [7, 11) is 0. The van der Waals surface area contributed by atoms with Crippen LogP contribution in [0.2, 0.25) is 0 Å². The van der Waals surface area contributed by atoms with Crippen LogP contribution in [-0.2, 0) is 5.88 Å². The van der Waals surface area contributed by atoms with Gasteiger partial charge in [0.1, 0.15) is 5.82 Å². The van der Waals surface area contributed by atoms with Gasteiger partial charge in [0, 0.05) is 6.20 Å². The molecule has 0 saturated carbocycles. The van der Waals surface area contributed by atoms with Gasteiger partial charge in [-0.3, -0.25) is 4.98 Å². The molecule has 0 aliphatic heterocycles. The van der Waals surface area contributed by atoms with Gasteiger partial charge in [0.25, 0.3) is 6.43 Å². The molecule has 0 unspecified atom stereocenters. The van der Waals surface area contributed by atoms with Crippen LogP contribution in [-0.4, -0.2) is 4.98 Å². The van der Waals surface area contributed by atoms with E-state index < -0.39 is 17.8 Å². The number of pyridine rings is 1. The molecule has 72 valence electrons. The number of aromatic nitrogens is 1. The lowest BCUT2D eigenvalue weighted by atomic mass is 10.2. The highest BCUT2D eigenvalue weighted by Gasteiger charge is 2.18. The fourth-order valence-corrected chi connectivity index (χ4v) is 1.60. The van der Waals surface area contributed by atoms with Gasteiger partial charge in [-0.15, -0.1) is 11.6 Å². The third-order valence-electron chi connectivity index (χ3n) is 1.42. The Morgan fingerprint density at radius 1 is 1.54 bits per heavy atom. The van der Waals surface area contributed by atoms with E-state index in [1.54, 1.807) is 0 Å². The van der Waals surface area contributed by atoms with Crippen molar-refractivity contribution in [2.45, 2.75) is 12.3 Å². The molecule has 0 amide bonds. The summed E-state index contributed by atoms with van der Waals surface area (Å²) in [6, 6.07) is 0. The highest BCUT2D eigenvalue weighted by atomic mass is 79.9. The van der Waals surface area contributed by atoms with Crippen LogP contribution >= 0.6 is 27.5 Å². The molecule has 0 saturated heterocycles. The van der Waals surface area contributed by atoms with E-state index in [0.717, 1.165) is 6.20 Å². The fraction of sp³-hybridized carbons (Fsp3) is 0.286. The Labute approximate surface area is 86.0 Å². The Balaban J connectivity index is 3.23. The van der Waals surface area contributed by atoms with Crippen molar-refractivity contribution in [3.8, 4) is 0 Å². The second-order valence-corrected chi connectivity index (χ2v) is 3.28. The van der Waals surface area contributed by atoms with E-state index in [9.17, 15) is 13.2 Å². The van der Waals surface area contributed by atoms with Crippen LogP contribution in [0, 0.1) is 5.82 Å². The van der Waals surface area contributed by atoms with Gasteiger partial charge in [-0.2, -0.15) is 0 Å². The van der Waals surface area contributed by atoms with Crippen LogP contribution in [0.4, 0.5) is 13.2 Å². The summed E-state index contributed by atoms with van der Waals surface area (Å²) >= 11 is 8.19. The zero-order valence-corrected chi connectivity index (χ0v) is 8.54. The minimum Gasteiger partial charge on any atom is -0.258 e. The van der Waals surface area contributed by atoms with E-state index in [0.29, 0.717) is 0 Å². The maximum absolute atomic E-state index is 13.1. The summed E-state index contributed by atoms with van der Waals surface area (Å²) < 4.78 is 37.2. The third-order valence-corrected chi connectivity index (χ3v) is 2.48. The van der Waals surface area contributed by atoms with Crippen molar-refractivity contribution in [1.29, 1.82) is 0 Å². The zero-order valence-electron chi connectivity index (χ0n) is 6.20. The van der Waals surface area contributed by atoms with Crippen molar-refractivity contribution < 1.29 is 13.2 Å². The van der Waals surface area contributed by atoms with Gasteiger partial charge < -0.3 is 0 Å². The molecule has 0 bridgehead atoms. The first kappa shape index (κ1) is 10.8. The van der Waals surface area contributed by atoms with Gasteiger partial charge in [0.05, 0.1) is 21.6 Å². The van der Waals surface area contributed by atoms with E-state index in [1.807, 2.05) is 0 Å². The van der Waals surface area contributed by atoms with Crippen LogP contribution in [0.3, 0.4) is 0 Å². The summed E-state index contributed by atoms with van der Waals surface area (Å²) in [5.41, 5.74) is -0.510. The van der Waals surface area contributed by atoms with E-state index in [2.05, 4.69) is 20.9 Å². The highest BCUT2D eigenvalue weighted by Crippen LogP contribution is 2.28. The van der Waals surface area contributed by atoms with Crippen molar-refractivity contribution >= 4 is 27.5 Å². The number of nitrogens with zero attached hydrogens (tertiary/aromatic N) is 1. The second kappa shape index (κ2) is 4.28. The first-order valence-corrected chi connectivity index (χ1v) is 4.57. The minimum absolute atomic E-state index is 0.0268. The van der Waals surface area contributed by atoms with Gasteiger partial charge in [-0.25, -0.2) is 13.2 Å². The smallest absolute Gasteiger partial charge is 0.258 e. The molecule has 1 heterocycles. The first-order chi connectivity index (χ1) is 6.07. The number of hydrogen-bond donors (Lipinski definition) is 0. The molecule has 0 aromatic carbocycles. The third kappa shape index (κ3) is 2.14. The highest BCUT2D eigenvalue weighted by molar-refractivity contribution is 9.10. The van der Waals surface area contributed by atoms with Crippen LogP contribution in [0.5, 0.6) is 0 Å². The predicted octanol–water partition coefficient (Wildman–Crippen LogP) is 3.66. The maximum Gasteiger partial charge on any atom is 0.268 e. The predicted molar refractivity (Wildman–Crippen MR) is 46.4 cm³/mol. The lowest BCUT2D eigenvalue weighted by molar-refractivity contribution is 0.145. The topological polar surface area (TPSA) is 12.9 Å². The fourth-order valence-electron chi connectivity index (χ4n) is 0.760. The maximum atomic E-state index is 13.1. The molecule has 0 aliphatic rings. The van der Waals surface area contributed by atoms with E-state index in [1.165, 1.54) is 0 Å². The Kier molecular flexibility index (Phi) is 3.55. The van der Waals surface area contributed by atoms with Crippen molar-refractivity contribution in [3.63, 3.8) is 0 Å². The van der Waals surface area contributed by atoms with Crippen LogP contribution < -0.4 is 0 Å². The van der Waals surface area contributed by atoms with Crippen molar-refractivity contribution in [2.24, 2.45) is 0 Å². The number of hydrogen-bond acceptors (Lipinski definition) is 1. The number of alkyl halides is 3. The minimum atomic E-state index is -2.87. The normalized spacial score (nSPS) is 10.9. The summed E-state index contributed by atoms with van der Waals surface area (Å²) in [4.78, 5) is 3.58. The summed E-state index contributed by atoms with van der Waals surface area (Å²) in [6.07, 6.45) is -2.07. The molecule has 1 rings (SSSR count). The number of rotatable bonds is 2. The Bertz CT molecular complexity index is 319. The Morgan fingerprint density at radius 2 is 2.15 bits per heavy atom. The van der Waals surface area contributed by atoms with E-state index >= 15 is 0 Å². The second-order valence-electron chi connectivity index (χ2n) is 2.22. The van der Waals surface area contributed by atoms with Gasteiger partial charge in [0.2, 0.25) is 0 Å². The van der Waals surface area contributed by atoms with Gasteiger partial charge >= 0.3 is 0 Å². The van der Waals surface area contributed by atoms with Crippen molar-refractivity contribution in [1.82, 2.24) is 4.98 Å². The monoisotopic (exact) mass is 273 g/mol. The molecule has 0 fully saturated rings. The summed E-state index contributed by atoms with van der Waals surface area (Å²) in [5, 5.41) is 0. The molecule has 0 N–H and O–H groups in total. The average molecular weight is 274 g/mol. The van der Waals surface area contributed by atoms with Crippen LogP contribution in [0.15, 0.2) is 10.7 Å². The van der Waals surface area contributed by atoms with E-state index in [4.69, 9.17) is 11.6 Å². The summed E-state index contributed by atoms with van der Waals surface area (Å²) in [6.45, 7) is 0. The summed E-state index contributed by atoms with van der Waals surface area (Å²) in [5.74, 6) is -1.03. The molecule has 6 heteroatoms. The van der Waals surface area contributed by atoms with Crippen LogP contribution in [0.25, 0.3) is 0 Å². The molecule has 0 spiro atoms. The Morgan fingerprint density at radius 3 is 2.62 bits per heavy atom. The number of halogens is 5. The lowest BCUT2D eigenvalue weighted by Gasteiger charge is -2.05. The molecule has 0 radical (unpaired) electrons. The molecule has 1 aromatic heterocycles. The quantitative estimate of drug-likeness (QED) is 0.750. The van der Waals surface area contributed by atoms with E-state index in [-0.39, 0.29) is 16.0 Å². The van der Waals surface area contributed by atoms with Crippen LogP contribution in [0.1, 0.15) is 17.7 Å². The largest absolute Gasteiger partial charge is 0.268 e. The molecular weight excluding hydrogens is 270 g/mol. The standard InChI is InChI=1S/C7H4BrClF3N/c8-5-4(1-9)13-2-3(6(5)10)7(11)12/h2,7H,1H2. The average Bonchev–Trinajstić information content (AvgIpc) is 2.09. The van der Waals surface area contributed by atoms with Gasteiger partial charge in [-0.05, 0) is 15.9 Å². The Hall–Kier alpha value is -0.290. The molecule has 1 nitrogen and oxygen atoms in total.